The van der Waals surface area contributed by atoms with Gasteiger partial charge in [-0.1, -0.05) is 48.5 Å². The first kappa shape index (κ1) is 17.7. The van der Waals surface area contributed by atoms with Crippen LogP contribution in [0.1, 0.15) is 30.2 Å². The Morgan fingerprint density at radius 1 is 1.19 bits per heavy atom. The number of fused-ring (bicyclic) bond motifs is 2. The number of hydrogen-bond donors (Lipinski definition) is 1. The molecule has 0 fully saturated rings. The number of hydrogen-bond acceptors (Lipinski definition) is 4. The van der Waals surface area contributed by atoms with E-state index >= 15 is 0 Å². The Morgan fingerprint density at radius 3 is 2.81 bits per heavy atom. The minimum Gasteiger partial charge on any atom is -0.356 e. The molecule has 0 saturated heterocycles. The van der Waals surface area contributed by atoms with Gasteiger partial charge in [-0.05, 0) is 36.1 Å². The van der Waals surface area contributed by atoms with Gasteiger partial charge in [0, 0.05) is 31.1 Å². The van der Waals surface area contributed by atoms with Crippen molar-refractivity contribution in [2.45, 2.75) is 38.8 Å². The van der Waals surface area contributed by atoms with Crippen molar-refractivity contribution in [2.24, 2.45) is 0 Å². The van der Waals surface area contributed by atoms with Crippen LogP contribution in [0.5, 0.6) is 0 Å². The fraction of sp³-hybridized carbons (Fsp3) is 0.364. The molecular weight excluding hydrogens is 338 g/mol. The second-order valence-corrected chi connectivity index (χ2v) is 7.16. The Bertz CT molecular complexity index is 934. The number of nitrogens with one attached hydrogen (secondary N) is 1. The van der Waals surface area contributed by atoms with E-state index in [1.54, 1.807) is 0 Å². The van der Waals surface area contributed by atoms with Crippen molar-refractivity contribution in [3.63, 3.8) is 0 Å². The fourth-order valence-electron chi connectivity index (χ4n) is 3.87. The van der Waals surface area contributed by atoms with Crippen LogP contribution in [0.25, 0.3) is 11.0 Å². The first-order chi connectivity index (χ1) is 13.2. The third-order valence-corrected chi connectivity index (χ3v) is 5.46. The minimum absolute atomic E-state index is 0.00934. The molecule has 0 bridgehead atoms. The molecule has 2 heterocycles. The standard InChI is InChI=1S/C22H25N3O2/c1-2-18(25-12-11-16-7-3-4-8-17(16)15-25)14-23-22(26)13-20-19-9-5-6-10-21(19)27-24-20/h3-10,18H,2,11-15H2,1H3,(H,23,26)/t18-/m0/s1. The first-order valence-electron chi connectivity index (χ1n) is 9.65. The van der Waals surface area contributed by atoms with E-state index in [1.165, 1.54) is 11.1 Å². The predicted octanol–water partition coefficient (Wildman–Crippen LogP) is 3.32. The van der Waals surface area contributed by atoms with Crippen molar-refractivity contribution < 1.29 is 9.32 Å². The number of para-hydroxylation sites is 1. The highest BCUT2D eigenvalue weighted by atomic mass is 16.5. The summed E-state index contributed by atoms with van der Waals surface area (Å²) < 4.78 is 5.29. The molecular formula is C22H25N3O2. The lowest BCUT2D eigenvalue weighted by Gasteiger charge is -2.35. The van der Waals surface area contributed by atoms with E-state index in [0.717, 1.165) is 36.9 Å². The zero-order valence-electron chi connectivity index (χ0n) is 15.6. The van der Waals surface area contributed by atoms with Gasteiger partial charge in [0.15, 0.2) is 5.58 Å². The van der Waals surface area contributed by atoms with Crippen molar-refractivity contribution in [1.29, 1.82) is 0 Å². The summed E-state index contributed by atoms with van der Waals surface area (Å²) in [5.74, 6) is -0.00934. The van der Waals surface area contributed by atoms with Gasteiger partial charge in [0.05, 0.1) is 6.42 Å². The number of carbonyl (C=O) groups excluding carboxylic acids is 1. The van der Waals surface area contributed by atoms with E-state index in [9.17, 15) is 4.79 Å². The summed E-state index contributed by atoms with van der Waals surface area (Å²) in [4.78, 5) is 14.9. The molecule has 5 nitrogen and oxygen atoms in total. The lowest BCUT2D eigenvalue weighted by atomic mass is 9.98. The highest BCUT2D eigenvalue weighted by molar-refractivity contribution is 5.86. The number of aromatic nitrogens is 1. The molecule has 0 aliphatic carbocycles. The lowest BCUT2D eigenvalue weighted by molar-refractivity contribution is -0.120. The van der Waals surface area contributed by atoms with Crippen molar-refractivity contribution in [3.05, 3.63) is 65.4 Å². The van der Waals surface area contributed by atoms with Crippen LogP contribution < -0.4 is 5.32 Å². The van der Waals surface area contributed by atoms with Crippen LogP contribution in [0.3, 0.4) is 0 Å². The van der Waals surface area contributed by atoms with Crippen molar-refractivity contribution in [1.82, 2.24) is 15.4 Å². The zero-order chi connectivity index (χ0) is 18.6. The van der Waals surface area contributed by atoms with E-state index in [2.05, 4.69) is 46.6 Å². The molecule has 3 aromatic rings. The molecule has 0 spiro atoms. The molecule has 1 aliphatic heterocycles. The number of benzene rings is 2. The summed E-state index contributed by atoms with van der Waals surface area (Å²) in [6.45, 7) is 4.84. The molecule has 140 valence electrons. The van der Waals surface area contributed by atoms with E-state index in [1.807, 2.05) is 24.3 Å². The topological polar surface area (TPSA) is 58.4 Å². The van der Waals surface area contributed by atoms with Crippen molar-refractivity contribution >= 4 is 16.9 Å². The molecule has 1 amide bonds. The van der Waals surface area contributed by atoms with Gasteiger partial charge in [0.25, 0.3) is 0 Å². The number of nitrogens with zero attached hydrogens (tertiary/aromatic N) is 2. The second-order valence-electron chi connectivity index (χ2n) is 7.16. The number of carbonyl (C=O) groups is 1. The molecule has 0 saturated carbocycles. The Balaban J connectivity index is 1.35. The molecule has 0 unspecified atom stereocenters. The smallest absolute Gasteiger partial charge is 0.226 e. The van der Waals surface area contributed by atoms with Crippen molar-refractivity contribution in [3.8, 4) is 0 Å². The summed E-state index contributed by atoms with van der Waals surface area (Å²) in [5.41, 5.74) is 4.27. The fourth-order valence-corrected chi connectivity index (χ4v) is 3.87. The summed E-state index contributed by atoms with van der Waals surface area (Å²) in [7, 11) is 0. The number of rotatable bonds is 6. The van der Waals surface area contributed by atoms with Gasteiger partial charge in [-0.2, -0.15) is 0 Å². The molecule has 5 heteroatoms. The van der Waals surface area contributed by atoms with Gasteiger partial charge in [-0.3, -0.25) is 9.69 Å². The Hall–Kier alpha value is -2.66. The largest absolute Gasteiger partial charge is 0.356 e. The molecule has 1 atom stereocenters. The molecule has 1 N–H and O–H groups in total. The van der Waals surface area contributed by atoms with Gasteiger partial charge < -0.3 is 9.84 Å². The van der Waals surface area contributed by atoms with Crippen molar-refractivity contribution in [2.75, 3.05) is 13.1 Å². The van der Waals surface area contributed by atoms with Crippen LogP contribution >= 0.6 is 0 Å². The second kappa shape index (κ2) is 7.92. The molecule has 0 radical (unpaired) electrons. The monoisotopic (exact) mass is 363 g/mol. The highest BCUT2D eigenvalue weighted by Crippen LogP contribution is 2.21. The maximum absolute atomic E-state index is 12.4. The Kier molecular flexibility index (Phi) is 5.21. The summed E-state index contributed by atoms with van der Waals surface area (Å²) in [6.07, 6.45) is 2.33. The third kappa shape index (κ3) is 3.88. The molecule has 1 aliphatic rings. The average Bonchev–Trinajstić information content (AvgIpc) is 3.11. The maximum atomic E-state index is 12.4. The van der Waals surface area contributed by atoms with Gasteiger partial charge in [-0.15, -0.1) is 0 Å². The highest BCUT2D eigenvalue weighted by Gasteiger charge is 2.23. The molecule has 4 rings (SSSR count). The SMILES string of the molecule is CC[C@@H](CNC(=O)Cc1noc2ccccc12)N1CCc2ccccc2C1. The van der Waals surface area contributed by atoms with Gasteiger partial charge >= 0.3 is 0 Å². The van der Waals surface area contributed by atoms with E-state index in [-0.39, 0.29) is 12.3 Å². The molecule has 1 aromatic heterocycles. The van der Waals surface area contributed by atoms with Crippen LogP contribution in [-0.2, 0) is 24.2 Å². The lowest BCUT2D eigenvalue weighted by Crippen LogP contribution is -2.46. The third-order valence-electron chi connectivity index (χ3n) is 5.46. The molecule has 27 heavy (non-hydrogen) atoms. The van der Waals surface area contributed by atoms with Crippen LogP contribution in [0.4, 0.5) is 0 Å². The van der Waals surface area contributed by atoms with E-state index in [4.69, 9.17) is 4.52 Å². The van der Waals surface area contributed by atoms with Crippen LogP contribution in [0.2, 0.25) is 0 Å². The minimum atomic E-state index is -0.00934. The summed E-state index contributed by atoms with van der Waals surface area (Å²) >= 11 is 0. The Morgan fingerprint density at radius 2 is 1.96 bits per heavy atom. The van der Waals surface area contributed by atoms with E-state index < -0.39 is 0 Å². The summed E-state index contributed by atoms with van der Waals surface area (Å²) in [6, 6.07) is 16.6. The van der Waals surface area contributed by atoms with Gasteiger partial charge in [0.2, 0.25) is 5.91 Å². The van der Waals surface area contributed by atoms with E-state index in [0.29, 0.717) is 18.3 Å². The van der Waals surface area contributed by atoms with Crippen LogP contribution in [0.15, 0.2) is 53.1 Å². The predicted molar refractivity (Wildman–Crippen MR) is 105 cm³/mol. The van der Waals surface area contributed by atoms with Crippen LogP contribution in [0, 0.1) is 0 Å². The maximum Gasteiger partial charge on any atom is 0.226 e. The van der Waals surface area contributed by atoms with Crippen LogP contribution in [-0.4, -0.2) is 35.1 Å². The quantitative estimate of drug-likeness (QED) is 0.730. The zero-order valence-corrected chi connectivity index (χ0v) is 15.6. The van der Waals surface area contributed by atoms with Gasteiger partial charge in [-0.25, -0.2) is 0 Å². The normalized spacial score (nSPS) is 15.4. The van der Waals surface area contributed by atoms with Gasteiger partial charge in [0.1, 0.15) is 5.69 Å². The summed E-state index contributed by atoms with van der Waals surface area (Å²) in [5, 5.41) is 8.06. The average molecular weight is 363 g/mol. The number of amides is 1. The molecule has 2 aromatic carbocycles. The Labute approximate surface area is 159 Å². The first-order valence-corrected chi connectivity index (χ1v) is 9.65.